The number of fused-ring (bicyclic) bond motifs is 5. The van der Waals surface area contributed by atoms with Crippen LogP contribution >= 0.6 is 0 Å². The Bertz CT molecular complexity index is 959. The third kappa shape index (κ3) is 3.72. The van der Waals surface area contributed by atoms with E-state index in [0.29, 0.717) is 36.6 Å². The second-order valence-electron chi connectivity index (χ2n) is 11.5. The molecule has 1 aromatic carbocycles. The molecule has 0 radical (unpaired) electrons. The molecule has 0 bridgehead atoms. The van der Waals surface area contributed by atoms with Crippen molar-refractivity contribution < 1.29 is 14.0 Å². The van der Waals surface area contributed by atoms with E-state index in [4.69, 9.17) is 0 Å². The standard InChI is InChI=1S/C28H37FN2O2/c1-27-16-14-22-20(9-12-24-28(22,2)17-15-26(33)31(24)3)21(27)10-11-23(27)30-25(32)13-6-18-4-7-19(29)8-5-18/h4-5,7-8,15,17,20-24H,6,9-14,16H2,1-3H3,(H,30,32)/t20-,21-,22+,23?,24?,27-,28+/m0/s1. The highest BCUT2D eigenvalue weighted by Gasteiger charge is 2.60. The second-order valence-corrected chi connectivity index (χ2v) is 11.5. The lowest BCUT2D eigenvalue weighted by molar-refractivity contribution is -0.138. The Balaban J connectivity index is 1.26. The van der Waals surface area contributed by atoms with Gasteiger partial charge in [-0.1, -0.05) is 32.1 Å². The zero-order valence-corrected chi connectivity index (χ0v) is 20.1. The molecule has 2 amide bonds. The van der Waals surface area contributed by atoms with Crippen LogP contribution in [0.5, 0.6) is 0 Å². The van der Waals surface area contributed by atoms with Crippen LogP contribution in [0.15, 0.2) is 36.4 Å². The van der Waals surface area contributed by atoms with Gasteiger partial charge >= 0.3 is 0 Å². The largest absolute Gasteiger partial charge is 0.353 e. The lowest BCUT2D eigenvalue weighted by Crippen LogP contribution is -2.60. The van der Waals surface area contributed by atoms with E-state index in [1.54, 1.807) is 18.2 Å². The lowest BCUT2D eigenvalue weighted by Gasteiger charge is -2.60. The number of rotatable bonds is 4. The van der Waals surface area contributed by atoms with Gasteiger partial charge in [0, 0.05) is 31.0 Å². The Morgan fingerprint density at radius 3 is 2.61 bits per heavy atom. The first-order chi connectivity index (χ1) is 15.7. The molecule has 0 spiro atoms. The Labute approximate surface area is 197 Å². The number of amides is 2. The molecule has 3 fully saturated rings. The fraction of sp³-hybridized carbons (Fsp3) is 0.643. The fourth-order valence-corrected chi connectivity index (χ4v) is 8.15. The number of nitrogens with one attached hydrogen (secondary N) is 1. The Kier molecular flexibility index (Phi) is 5.65. The molecule has 4 aliphatic rings. The molecule has 33 heavy (non-hydrogen) atoms. The molecule has 1 aromatic rings. The molecule has 178 valence electrons. The van der Waals surface area contributed by atoms with Gasteiger partial charge in [0.1, 0.15) is 5.82 Å². The Morgan fingerprint density at radius 1 is 1.09 bits per heavy atom. The predicted octanol–water partition coefficient (Wildman–Crippen LogP) is 4.88. The summed E-state index contributed by atoms with van der Waals surface area (Å²) < 4.78 is 13.1. The van der Waals surface area contributed by atoms with Crippen molar-refractivity contribution in [2.24, 2.45) is 28.6 Å². The number of hydrogen-bond donors (Lipinski definition) is 1. The number of likely N-dealkylation sites (N-methyl/N-ethyl adjacent to an activating group) is 1. The van der Waals surface area contributed by atoms with Crippen molar-refractivity contribution in [2.45, 2.75) is 77.3 Å². The van der Waals surface area contributed by atoms with Gasteiger partial charge in [-0.25, -0.2) is 4.39 Å². The van der Waals surface area contributed by atoms with Crippen molar-refractivity contribution in [3.05, 3.63) is 47.8 Å². The summed E-state index contributed by atoms with van der Waals surface area (Å²) in [4.78, 5) is 27.1. The van der Waals surface area contributed by atoms with Crippen molar-refractivity contribution in [3.63, 3.8) is 0 Å². The van der Waals surface area contributed by atoms with E-state index >= 15 is 0 Å². The highest BCUT2D eigenvalue weighted by molar-refractivity contribution is 5.89. The average molecular weight is 453 g/mol. The van der Waals surface area contributed by atoms with Gasteiger partial charge in [-0.3, -0.25) is 9.59 Å². The Hall–Kier alpha value is -2.17. The maximum absolute atomic E-state index is 13.1. The van der Waals surface area contributed by atoms with Gasteiger partial charge < -0.3 is 10.2 Å². The van der Waals surface area contributed by atoms with Crippen LogP contribution in [0, 0.1) is 34.4 Å². The Morgan fingerprint density at radius 2 is 1.85 bits per heavy atom. The van der Waals surface area contributed by atoms with E-state index in [0.717, 1.165) is 24.8 Å². The summed E-state index contributed by atoms with van der Waals surface area (Å²) in [7, 11) is 1.97. The van der Waals surface area contributed by atoms with E-state index in [9.17, 15) is 14.0 Å². The topological polar surface area (TPSA) is 49.4 Å². The normalized spacial score (nSPS) is 39.6. The molecule has 3 saturated carbocycles. The van der Waals surface area contributed by atoms with Gasteiger partial charge in [0.25, 0.3) is 0 Å². The maximum atomic E-state index is 13.1. The average Bonchev–Trinajstić information content (AvgIpc) is 3.12. The van der Waals surface area contributed by atoms with E-state index in [1.165, 1.54) is 31.4 Å². The number of carbonyl (C=O) groups is 2. The van der Waals surface area contributed by atoms with Crippen LogP contribution in [-0.2, 0) is 16.0 Å². The van der Waals surface area contributed by atoms with Crippen LogP contribution in [0.25, 0.3) is 0 Å². The van der Waals surface area contributed by atoms with Gasteiger partial charge in [0.2, 0.25) is 11.8 Å². The van der Waals surface area contributed by atoms with Crippen molar-refractivity contribution in [3.8, 4) is 0 Å². The number of carbonyl (C=O) groups excluding carboxylic acids is 2. The van der Waals surface area contributed by atoms with E-state index in [2.05, 4.69) is 25.2 Å². The van der Waals surface area contributed by atoms with Crippen LogP contribution in [0.4, 0.5) is 4.39 Å². The molecule has 1 heterocycles. The van der Waals surface area contributed by atoms with Gasteiger partial charge in [-0.2, -0.15) is 0 Å². The number of benzene rings is 1. The third-order valence-corrected chi connectivity index (χ3v) is 10.0. The van der Waals surface area contributed by atoms with Crippen LogP contribution in [0.2, 0.25) is 0 Å². The predicted molar refractivity (Wildman–Crippen MR) is 127 cm³/mol. The zero-order chi connectivity index (χ0) is 23.4. The van der Waals surface area contributed by atoms with Crippen molar-refractivity contribution >= 4 is 11.8 Å². The molecule has 3 aliphatic carbocycles. The second kappa shape index (κ2) is 8.25. The number of nitrogens with zero attached hydrogens (tertiary/aromatic N) is 1. The highest BCUT2D eigenvalue weighted by atomic mass is 19.1. The van der Waals surface area contributed by atoms with Crippen LogP contribution in [0.1, 0.15) is 64.4 Å². The molecule has 0 aromatic heterocycles. The van der Waals surface area contributed by atoms with Gasteiger partial charge in [0.15, 0.2) is 0 Å². The monoisotopic (exact) mass is 452 g/mol. The summed E-state index contributed by atoms with van der Waals surface area (Å²) in [5.41, 5.74) is 1.20. The first kappa shape index (κ1) is 22.6. The lowest BCUT2D eigenvalue weighted by atomic mass is 9.48. The summed E-state index contributed by atoms with van der Waals surface area (Å²) in [6, 6.07) is 6.98. The minimum absolute atomic E-state index is 0.0589. The summed E-state index contributed by atoms with van der Waals surface area (Å²) in [6.07, 6.45) is 11.9. The zero-order valence-electron chi connectivity index (χ0n) is 20.1. The number of hydrogen-bond acceptors (Lipinski definition) is 2. The molecule has 5 heteroatoms. The quantitative estimate of drug-likeness (QED) is 0.708. The molecular weight excluding hydrogens is 415 g/mol. The molecule has 4 nitrogen and oxygen atoms in total. The molecule has 5 rings (SSSR count). The number of halogens is 1. The van der Waals surface area contributed by atoms with Crippen LogP contribution < -0.4 is 5.32 Å². The fourth-order valence-electron chi connectivity index (χ4n) is 8.15. The van der Waals surface area contributed by atoms with Gasteiger partial charge in [-0.05, 0) is 91.9 Å². The third-order valence-electron chi connectivity index (χ3n) is 10.0. The summed E-state index contributed by atoms with van der Waals surface area (Å²) in [6.45, 7) is 4.78. The smallest absolute Gasteiger partial charge is 0.246 e. The SMILES string of the molecule is CN1C(=O)C=C[C@@]2(C)C1CC[C@@H]1[C@H]2CC[C@]2(C)C(NC(=O)CCc3ccc(F)cc3)CC[C@@H]12. The van der Waals surface area contributed by atoms with Gasteiger partial charge in [0.05, 0.1) is 0 Å². The van der Waals surface area contributed by atoms with E-state index in [-0.39, 0.29) is 34.5 Å². The van der Waals surface area contributed by atoms with Crippen molar-refractivity contribution in [1.82, 2.24) is 10.2 Å². The van der Waals surface area contributed by atoms with E-state index in [1.807, 2.05) is 11.9 Å². The molecule has 7 atom stereocenters. The van der Waals surface area contributed by atoms with Crippen LogP contribution in [0.3, 0.4) is 0 Å². The minimum atomic E-state index is -0.242. The first-order valence-corrected chi connectivity index (χ1v) is 12.7. The molecule has 2 unspecified atom stereocenters. The summed E-state index contributed by atoms with van der Waals surface area (Å²) >= 11 is 0. The summed E-state index contributed by atoms with van der Waals surface area (Å²) in [5, 5.41) is 3.39. The molecule has 1 N–H and O–H groups in total. The van der Waals surface area contributed by atoms with Crippen LogP contribution in [-0.4, -0.2) is 35.8 Å². The molecular formula is C28H37FN2O2. The summed E-state index contributed by atoms with van der Waals surface area (Å²) in [5.74, 6) is 1.91. The maximum Gasteiger partial charge on any atom is 0.246 e. The number of aryl methyl sites for hydroxylation is 1. The van der Waals surface area contributed by atoms with Crippen molar-refractivity contribution in [1.29, 1.82) is 0 Å². The minimum Gasteiger partial charge on any atom is -0.353 e. The van der Waals surface area contributed by atoms with Gasteiger partial charge in [-0.15, -0.1) is 0 Å². The molecule has 1 aliphatic heterocycles. The first-order valence-electron chi connectivity index (χ1n) is 12.7. The van der Waals surface area contributed by atoms with E-state index < -0.39 is 0 Å². The highest BCUT2D eigenvalue weighted by Crippen LogP contribution is 2.63. The molecule has 0 saturated heterocycles. The van der Waals surface area contributed by atoms with Crippen molar-refractivity contribution in [2.75, 3.05) is 7.05 Å².